The third kappa shape index (κ3) is 2.51. The van der Waals surface area contributed by atoms with Crippen molar-refractivity contribution < 1.29 is 9.59 Å². The smallest absolute Gasteiger partial charge is 0.231 e. The molecule has 1 aromatic carbocycles. The van der Waals surface area contributed by atoms with Crippen molar-refractivity contribution in [3.8, 4) is 0 Å². The Balaban J connectivity index is 1.38. The molecule has 0 bridgehead atoms. The van der Waals surface area contributed by atoms with Gasteiger partial charge in [-0.2, -0.15) is 0 Å². The normalized spacial score (nSPS) is 28.6. The lowest BCUT2D eigenvalue weighted by atomic mass is 9.67. The second kappa shape index (κ2) is 6.20. The molecule has 2 fully saturated rings. The average molecular weight is 327 g/mol. The van der Waals surface area contributed by atoms with Gasteiger partial charge in [-0.1, -0.05) is 31.0 Å². The molecule has 2 amide bonds. The van der Waals surface area contributed by atoms with Crippen molar-refractivity contribution in [3.05, 3.63) is 29.8 Å². The summed E-state index contributed by atoms with van der Waals surface area (Å²) in [7, 11) is 0. The average Bonchev–Trinajstić information content (AvgIpc) is 3.17. The van der Waals surface area contributed by atoms with Crippen molar-refractivity contribution in [3.63, 3.8) is 0 Å². The van der Waals surface area contributed by atoms with E-state index in [-0.39, 0.29) is 17.2 Å². The van der Waals surface area contributed by atoms with Gasteiger partial charge in [-0.15, -0.1) is 0 Å². The summed E-state index contributed by atoms with van der Waals surface area (Å²) in [5.41, 5.74) is 1.86. The third-order valence-electron chi connectivity index (χ3n) is 6.04. The minimum atomic E-state index is -0.217. The van der Waals surface area contributed by atoms with Gasteiger partial charge in [-0.05, 0) is 36.9 Å². The summed E-state index contributed by atoms with van der Waals surface area (Å²) in [5.74, 6) is 0.777. The number of fused-ring (bicyclic) bond motifs is 2. The molecule has 2 heterocycles. The Morgan fingerprint density at radius 1 is 1.33 bits per heavy atom. The Bertz CT molecular complexity index is 660. The SMILES string of the molecule is O=C1Cc2ccccc2N1CCNC(=O)[C@@]12CCCC[C@H]1CNC2. The summed E-state index contributed by atoms with van der Waals surface area (Å²) in [5, 5.41) is 6.53. The van der Waals surface area contributed by atoms with Crippen molar-refractivity contribution in [2.75, 3.05) is 31.1 Å². The quantitative estimate of drug-likeness (QED) is 0.880. The number of hydrogen-bond acceptors (Lipinski definition) is 3. The summed E-state index contributed by atoms with van der Waals surface area (Å²) in [4.78, 5) is 26.8. The van der Waals surface area contributed by atoms with E-state index in [1.807, 2.05) is 24.3 Å². The molecular formula is C19H25N3O2. The maximum atomic E-state index is 12.8. The van der Waals surface area contributed by atoms with Gasteiger partial charge in [0.25, 0.3) is 0 Å². The van der Waals surface area contributed by atoms with Gasteiger partial charge >= 0.3 is 0 Å². The molecule has 0 spiro atoms. The first-order valence-corrected chi connectivity index (χ1v) is 9.08. The number of rotatable bonds is 4. The molecule has 2 aliphatic heterocycles. The standard InChI is InChI=1S/C19H25N3O2/c23-17-11-14-5-1-2-7-16(14)22(17)10-9-21-18(24)19-8-4-3-6-15(19)12-20-13-19/h1-2,5,7,15,20H,3-4,6,8-13H2,(H,21,24)/t15-,19+/m0/s1. The van der Waals surface area contributed by atoms with Gasteiger partial charge in [-0.3, -0.25) is 9.59 Å². The molecule has 4 rings (SSSR count). The van der Waals surface area contributed by atoms with Crippen molar-refractivity contribution in [1.82, 2.24) is 10.6 Å². The first-order valence-electron chi connectivity index (χ1n) is 9.08. The molecule has 2 atom stereocenters. The van der Waals surface area contributed by atoms with E-state index >= 15 is 0 Å². The minimum absolute atomic E-state index is 0.127. The summed E-state index contributed by atoms with van der Waals surface area (Å²) < 4.78 is 0. The Morgan fingerprint density at radius 3 is 3.12 bits per heavy atom. The molecule has 1 saturated carbocycles. The zero-order valence-corrected chi connectivity index (χ0v) is 14.0. The van der Waals surface area contributed by atoms with E-state index in [0.717, 1.165) is 43.6 Å². The first-order chi connectivity index (χ1) is 11.7. The van der Waals surface area contributed by atoms with Crippen LogP contribution in [0, 0.1) is 11.3 Å². The number of nitrogens with zero attached hydrogens (tertiary/aromatic N) is 1. The van der Waals surface area contributed by atoms with Crippen LogP contribution in [0.3, 0.4) is 0 Å². The zero-order chi connectivity index (χ0) is 16.6. The largest absolute Gasteiger partial charge is 0.354 e. The summed E-state index contributed by atoms with van der Waals surface area (Å²) in [6.07, 6.45) is 4.99. The molecule has 5 heteroatoms. The number of carbonyl (C=O) groups excluding carboxylic acids is 2. The van der Waals surface area contributed by atoms with E-state index in [9.17, 15) is 9.59 Å². The lowest BCUT2D eigenvalue weighted by Gasteiger charge is -2.37. The van der Waals surface area contributed by atoms with E-state index in [4.69, 9.17) is 0 Å². The molecule has 24 heavy (non-hydrogen) atoms. The van der Waals surface area contributed by atoms with Crippen LogP contribution in [0.4, 0.5) is 5.69 Å². The number of para-hydroxylation sites is 1. The maximum absolute atomic E-state index is 12.8. The predicted molar refractivity (Wildman–Crippen MR) is 92.8 cm³/mol. The number of benzene rings is 1. The van der Waals surface area contributed by atoms with Crippen molar-refractivity contribution in [2.45, 2.75) is 32.1 Å². The number of amides is 2. The van der Waals surface area contributed by atoms with Gasteiger partial charge < -0.3 is 15.5 Å². The van der Waals surface area contributed by atoms with E-state index in [1.54, 1.807) is 4.90 Å². The van der Waals surface area contributed by atoms with E-state index in [1.165, 1.54) is 6.42 Å². The van der Waals surface area contributed by atoms with Gasteiger partial charge in [0.1, 0.15) is 0 Å². The zero-order valence-electron chi connectivity index (χ0n) is 14.0. The topological polar surface area (TPSA) is 61.4 Å². The van der Waals surface area contributed by atoms with Gasteiger partial charge in [0.05, 0.1) is 11.8 Å². The van der Waals surface area contributed by atoms with Crippen molar-refractivity contribution in [1.29, 1.82) is 0 Å². The lowest BCUT2D eigenvalue weighted by Crippen LogP contribution is -2.49. The summed E-state index contributed by atoms with van der Waals surface area (Å²) in [6.45, 7) is 2.84. The van der Waals surface area contributed by atoms with E-state index < -0.39 is 0 Å². The van der Waals surface area contributed by atoms with Crippen LogP contribution in [-0.4, -0.2) is 38.0 Å². The molecule has 1 aromatic rings. The highest BCUT2D eigenvalue weighted by Gasteiger charge is 2.49. The van der Waals surface area contributed by atoms with Crippen LogP contribution < -0.4 is 15.5 Å². The van der Waals surface area contributed by atoms with Gasteiger partial charge in [0.2, 0.25) is 11.8 Å². The molecule has 0 radical (unpaired) electrons. The molecule has 1 saturated heterocycles. The summed E-state index contributed by atoms with van der Waals surface area (Å²) >= 11 is 0. The number of carbonyl (C=O) groups is 2. The number of anilines is 1. The fourth-order valence-corrected chi connectivity index (χ4v) is 4.71. The molecule has 0 aromatic heterocycles. The molecule has 3 aliphatic rings. The van der Waals surface area contributed by atoms with Crippen LogP contribution in [0.2, 0.25) is 0 Å². The fourth-order valence-electron chi connectivity index (χ4n) is 4.71. The van der Waals surface area contributed by atoms with Gasteiger partial charge in [0.15, 0.2) is 0 Å². The Hall–Kier alpha value is -1.88. The third-order valence-corrected chi connectivity index (χ3v) is 6.04. The summed E-state index contributed by atoms with van der Waals surface area (Å²) in [6, 6.07) is 7.91. The minimum Gasteiger partial charge on any atom is -0.354 e. The number of hydrogen-bond donors (Lipinski definition) is 2. The Kier molecular flexibility index (Phi) is 4.04. The van der Waals surface area contributed by atoms with E-state index in [0.29, 0.717) is 25.4 Å². The maximum Gasteiger partial charge on any atom is 0.231 e. The predicted octanol–water partition coefficient (Wildman–Crippen LogP) is 1.47. The molecule has 0 unspecified atom stereocenters. The van der Waals surface area contributed by atoms with Crippen LogP contribution in [0.1, 0.15) is 31.2 Å². The molecule has 2 N–H and O–H groups in total. The molecule has 5 nitrogen and oxygen atoms in total. The van der Waals surface area contributed by atoms with Crippen LogP contribution >= 0.6 is 0 Å². The number of nitrogens with one attached hydrogen (secondary N) is 2. The first kappa shape index (κ1) is 15.6. The highest BCUT2D eigenvalue weighted by molar-refractivity contribution is 6.01. The molecular weight excluding hydrogens is 302 g/mol. The van der Waals surface area contributed by atoms with Gasteiger partial charge in [0, 0.05) is 25.3 Å². The monoisotopic (exact) mass is 327 g/mol. The van der Waals surface area contributed by atoms with Crippen molar-refractivity contribution >= 4 is 17.5 Å². The Morgan fingerprint density at radius 2 is 2.21 bits per heavy atom. The second-order valence-corrected chi connectivity index (χ2v) is 7.34. The van der Waals surface area contributed by atoms with Crippen molar-refractivity contribution in [2.24, 2.45) is 11.3 Å². The molecule has 128 valence electrons. The van der Waals surface area contributed by atoms with Gasteiger partial charge in [-0.25, -0.2) is 0 Å². The van der Waals surface area contributed by atoms with E-state index in [2.05, 4.69) is 10.6 Å². The highest BCUT2D eigenvalue weighted by Crippen LogP contribution is 2.43. The van der Waals surface area contributed by atoms with Crippen LogP contribution in [0.15, 0.2) is 24.3 Å². The highest BCUT2D eigenvalue weighted by atomic mass is 16.2. The van der Waals surface area contributed by atoms with Crippen LogP contribution in [-0.2, 0) is 16.0 Å². The van der Waals surface area contributed by atoms with Crippen LogP contribution in [0.5, 0.6) is 0 Å². The molecule has 1 aliphatic carbocycles. The second-order valence-electron chi connectivity index (χ2n) is 7.34. The lowest BCUT2D eigenvalue weighted by molar-refractivity contribution is -0.134. The Labute approximate surface area is 142 Å². The van der Waals surface area contributed by atoms with Crippen LogP contribution in [0.25, 0.3) is 0 Å². The fraction of sp³-hybridized carbons (Fsp3) is 0.579.